The fourth-order valence-corrected chi connectivity index (χ4v) is 6.37. The Labute approximate surface area is 154 Å². The lowest BCUT2D eigenvalue weighted by Crippen LogP contribution is -2.57. The first-order chi connectivity index (χ1) is 12.4. The number of aromatic carboxylic acids is 1. The maximum atomic E-state index is 12.9. The quantitative estimate of drug-likeness (QED) is 0.816. The number of amides is 1. The molecule has 2 unspecified atom stereocenters. The van der Waals surface area contributed by atoms with Crippen LogP contribution in [0.4, 0.5) is 0 Å². The van der Waals surface area contributed by atoms with Crippen LogP contribution in [0.5, 0.6) is 0 Å². The molecule has 6 heteroatoms. The highest BCUT2D eigenvalue weighted by atomic mass is 16.4. The van der Waals surface area contributed by atoms with Gasteiger partial charge >= 0.3 is 5.97 Å². The second kappa shape index (κ2) is 6.39. The highest BCUT2D eigenvalue weighted by Gasteiger charge is 2.54. The van der Waals surface area contributed by atoms with Gasteiger partial charge in [0.25, 0.3) is 0 Å². The van der Waals surface area contributed by atoms with E-state index in [4.69, 9.17) is 5.11 Å². The van der Waals surface area contributed by atoms with Crippen LogP contribution in [-0.2, 0) is 4.79 Å². The summed E-state index contributed by atoms with van der Waals surface area (Å²) in [6.07, 6.45) is 11.6. The van der Waals surface area contributed by atoms with E-state index in [9.17, 15) is 9.59 Å². The number of nitrogens with one attached hydrogen (secondary N) is 1. The summed E-state index contributed by atoms with van der Waals surface area (Å²) in [5, 5.41) is 16.4. The predicted molar refractivity (Wildman–Crippen MR) is 96.7 cm³/mol. The molecule has 0 saturated heterocycles. The second-order valence-electron chi connectivity index (χ2n) is 8.94. The van der Waals surface area contributed by atoms with Crippen molar-refractivity contribution in [1.82, 2.24) is 15.1 Å². The van der Waals surface area contributed by atoms with Crippen LogP contribution in [-0.4, -0.2) is 32.8 Å². The largest absolute Gasteiger partial charge is 0.478 e. The molecular weight excluding hydrogens is 330 g/mol. The average Bonchev–Trinajstić information content (AvgIpc) is 3.07. The van der Waals surface area contributed by atoms with Crippen LogP contribution in [0.1, 0.15) is 75.2 Å². The Kier molecular flexibility index (Phi) is 4.32. The Morgan fingerprint density at radius 1 is 1.27 bits per heavy atom. The summed E-state index contributed by atoms with van der Waals surface area (Å²) in [6.45, 7) is 3.95. The normalized spacial score (nSPS) is 34.5. The minimum Gasteiger partial charge on any atom is -0.478 e. The molecule has 6 nitrogen and oxygen atoms in total. The van der Waals surface area contributed by atoms with Crippen molar-refractivity contribution in [3.05, 3.63) is 18.0 Å². The van der Waals surface area contributed by atoms with E-state index in [-0.39, 0.29) is 22.9 Å². The van der Waals surface area contributed by atoms with Gasteiger partial charge in [0, 0.05) is 12.2 Å². The number of carbonyl (C=O) groups is 2. The number of aromatic nitrogens is 2. The van der Waals surface area contributed by atoms with Gasteiger partial charge < -0.3 is 10.4 Å². The first kappa shape index (κ1) is 17.6. The van der Waals surface area contributed by atoms with Gasteiger partial charge in [0.05, 0.1) is 11.8 Å². The molecule has 142 valence electrons. The second-order valence-corrected chi connectivity index (χ2v) is 8.94. The number of rotatable bonds is 6. The Morgan fingerprint density at radius 3 is 2.31 bits per heavy atom. The summed E-state index contributed by atoms with van der Waals surface area (Å²) >= 11 is 0. The third kappa shape index (κ3) is 2.93. The molecule has 0 spiro atoms. The molecule has 1 heterocycles. The number of carboxylic acids is 1. The third-order valence-electron chi connectivity index (χ3n) is 7.17. The first-order valence-corrected chi connectivity index (χ1v) is 9.98. The van der Waals surface area contributed by atoms with Gasteiger partial charge in [0.15, 0.2) is 0 Å². The molecule has 0 radical (unpaired) electrons. The predicted octanol–water partition coefficient (Wildman–Crippen LogP) is 3.25. The van der Waals surface area contributed by atoms with Crippen LogP contribution >= 0.6 is 0 Å². The van der Waals surface area contributed by atoms with Crippen LogP contribution in [0.3, 0.4) is 0 Å². The Balaban J connectivity index is 1.47. The van der Waals surface area contributed by atoms with E-state index >= 15 is 0 Å². The Morgan fingerprint density at radius 2 is 1.85 bits per heavy atom. The van der Waals surface area contributed by atoms with Gasteiger partial charge in [-0.05, 0) is 75.0 Å². The summed E-state index contributed by atoms with van der Waals surface area (Å²) in [5.74, 6) is 1.48. The molecule has 1 amide bonds. The van der Waals surface area contributed by atoms with Crippen LogP contribution < -0.4 is 5.32 Å². The molecule has 4 saturated carbocycles. The average molecular weight is 359 g/mol. The van der Waals surface area contributed by atoms with Crippen molar-refractivity contribution in [3.63, 3.8) is 0 Å². The zero-order chi connectivity index (χ0) is 18.5. The molecule has 4 aliphatic carbocycles. The molecule has 0 aromatic carbocycles. The fraction of sp³-hybridized carbons (Fsp3) is 0.750. The molecule has 4 aliphatic rings. The highest BCUT2D eigenvalue weighted by molar-refractivity contribution is 5.87. The zero-order valence-electron chi connectivity index (χ0n) is 15.6. The van der Waals surface area contributed by atoms with E-state index in [1.807, 2.05) is 0 Å². The van der Waals surface area contributed by atoms with Crippen molar-refractivity contribution >= 4 is 11.9 Å². The summed E-state index contributed by atoms with van der Waals surface area (Å²) in [6, 6.07) is -0.300. The van der Waals surface area contributed by atoms with Crippen molar-refractivity contribution in [2.75, 3.05) is 0 Å². The molecule has 26 heavy (non-hydrogen) atoms. The van der Waals surface area contributed by atoms with E-state index < -0.39 is 12.0 Å². The molecule has 4 bridgehead atoms. The van der Waals surface area contributed by atoms with Gasteiger partial charge in [0.1, 0.15) is 6.04 Å². The molecule has 1 aromatic rings. The topological polar surface area (TPSA) is 84.2 Å². The van der Waals surface area contributed by atoms with Gasteiger partial charge in [-0.2, -0.15) is 5.10 Å². The smallest absolute Gasteiger partial charge is 0.338 e. The molecule has 2 N–H and O–H groups in total. The summed E-state index contributed by atoms with van der Waals surface area (Å²) in [4.78, 5) is 23.9. The molecule has 0 aliphatic heterocycles. The van der Waals surface area contributed by atoms with E-state index in [2.05, 4.69) is 17.3 Å². The minimum atomic E-state index is -1.02. The van der Waals surface area contributed by atoms with Crippen molar-refractivity contribution in [2.45, 2.75) is 70.9 Å². The lowest BCUT2D eigenvalue weighted by Gasteiger charge is -2.59. The first-order valence-electron chi connectivity index (χ1n) is 9.98. The van der Waals surface area contributed by atoms with Gasteiger partial charge in [0.2, 0.25) is 5.91 Å². The van der Waals surface area contributed by atoms with Gasteiger partial charge in [-0.1, -0.05) is 6.92 Å². The van der Waals surface area contributed by atoms with Gasteiger partial charge in [-0.15, -0.1) is 0 Å². The standard InChI is InChI=1S/C20H29N3O3/c1-3-17(20-7-13-4-14(8-20)6-15(5-13)9-20)22-18(24)12(2)23-11-16(10-21-23)19(25)26/h10-15,17H,3-9H2,1-2H3,(H,22,24)(H,25,26). The number of nitrogens with zero attached hydrogens (tertiary/aromatic N) is 2. The van der Waals surface area contributed by atoms with Crippen LogP contribution in [0, 0.1) is 23.2 Å². The highest BCUT2D eigenvalue weighted by Crippen LogP contribution is 2.61. The maximum Gasteiger partial charge on any atom is 0.338 e. The molecule has 5 rings (SSSR count). The van der Waals surface area contributed by atoms with Gasteiger partial charge in [-0.25, -0.2) is 4.79 Å². The van der Waals surface area contributed by atoms with Crippen molar-refractivity contribution in [3.8, 4) is 0 Å². The number of carboxylic acid groups (broad SMARTS) is 1. The fourth-order valence-electron chi connectivity index (χ4n) is 6.37. The maximum absolute atomic E-state index is 12.9. The monoisotopic (exact) mass is 359 g/mol. The SMILES string of the molecule is CCC(NC(=O)C(C)n1cc(C(=O)O)cn1)C12CC3CC(CC(C3)C1)C2. The zero-order valence-corrected chi connectivity index (χ0v) is 15.6. The third-order valence-corrected chi connectivity index (χ3v) is 7.17. The van der Waals surface area contributed by atoms with E-state index in [1.54, 1.807) is 6.92 Å². The van der Waals surface area contributed by atoms with Crippen LogP contribution in [0.15, 0.2) is 12.4 Å². The Bertz CT molecular complexity index is 676. The van der Waals surface area contributed by atoms with E-state index in [0.29, 0.717) is 0 Å². The van der Waals surface area contributed by atoms with Crippen LogP contribution in [0.2, 0.25) is 0 Å². The van der Waals surface area contributed by atoms with E-state index in [1.165, 1.54) is 55.6 Å². The van der Waals surface area contributed by atoms with Crippen molar-refractivity contribution in [2.24, 2.45) is 23.2 Å². The number of hydrogen-bond donors (Lipinski definition) is 2. The number of carbonyl (C=O) groups excluding carboxylic acids is 1. The molecule has 1 aromatic heterocycles. The molecular formula is C20H29N3O3. The number of hydrogen-bond acceptors (Lipinski definition) is 3. The lowest BCUT2D eigenvalue weighted by atomic mass is 9.47. The summed E-state index contributed by atoms with van der Waals surface area (Å²) in [5.41, 5.74) is 0.382. The van der Waals surface area contributed by atoms with Gasteiger partial charge in [-0.3, -0.25) is 9.48 Å². The van der Waals surface area contributed by atoms with E-state index in [0.717, 1.165) is 24.2 Å². The summed E-state index contributed by atoms with van der Waals surface area (Å²) < 4.78 is 1.45. The Hall–Kier alpha value is -1.85. The van der Waals surface area contributed by atoms with Crippen molar-refractivity contribution in [1.29, 1.82) is 0 Å². The lowest BCUT2D eigenvalue weighted by molar-refractivity contribution is -0.129. The van der Waals surface area contributed by atoms with Crippen molar-refractivity contribution < 1.29 is 14.7 Å². The molecule has 4 fully saturated rings. The van der Waals surface area contributed by atoms with Crippen LogP contribution in [0.25, 0.3) is 0 Å². The minimum absolute atomic E-state index is 0.0624. The molecule has 2 atom stereocenters. The summed E-state index contributed by atoms with van der Waals surface area (Å²) in [7, 11) is 0.